The number of ether oxygens (including phenoxy) is 1. The highest BCUT2D eigenvalue weighted by Gasteiger charge is 2.46. The van der Waals surface area contributed by atoms with E-state index in [2.05, 4.69) is 22.3 Å². The van der Waals surface area contributed by atoms with Crippen molar-refractivity contribution >= 4 is 11.9 Å². The smallest absolute Gasteiger partial charge is 0.303 e. The van der Waals surface area contributed by atoms with Gasteiger partial charge in [0.25, 0.3) is 5.89 Å². The first-order valence-electron chi connectivity index (χ1n) is 12.5. The molecule has 5 rings (SSSR count). The molecule has 1 N–H and O–H groups in total. The van der Waals surface area contributed by atoms with Crippen LogP contribution >= 0.6 is 0 Å². The molecule has 9 nitrogen and oxygen atoms in total. The van der Waals surface area contributed by atoms with Gasteiger partial charge in [0.05, 0.1) is 17.7 Å². The largest absolute Gasteiger partial charge is 0.490 e. The summed E-state index contributed by atoms with van der Waals surface area (Å²) in [5.74, 6) is 0.781. The summed E-state index contributed by atoms with van der Waals surface area (Å²) in [6.45, 7) is 4.36. The molecule has 0 radical (unpaired) electrons. The Bertz CT molecular complexity index is 1390. The van der Waals surface area contributed by atoms with Crippen LogP contribution in [0.15, 0.2) is 40.9 Å². The number of likely N-dealkylation sites (tertiary alicyclic amines) is 1. The van der Waals surface area contributed by atoms with Crippen LogP contribution in [0.4, 0.5) is 0 Å². The number of amides is 1. The van der Waals surface area contributed by atoms with Crippen molar-refractivity contribution in [3.8, 4) is 34.7 Å². The third-order valence-electron chi connectivity index (χ3n) is 6.95. The van der Waals surface area contributed by atoms with E-state index >= 15 is 0 Å². The van der Waals surface area contributed by atoms with Crippen LogP contribution in [0.5, 0.6) is 5.75 Å². The van der Waals surface area contributed by atoms with Gasteiger partial charge in [0.1, 0.15) is 11.8 Å². The van der Waals surface area contributed by atoms with E-state index in [1.54, 1.807) is 18.2 Å². The van der Waals surface area contributed by atoms with E-state index < -0.39 is 5.97 Å². The van der Waals surface area contributed by atoms with Crippen molar-refractivity contribution in [2.45, 2.75) is 58.1 Å². The van der Waals surface area contributed by atoms with Gasteiger partial charge in [0.2, 0.25) is 11.7 Å². The van der Waals surface area contributed by atoms with Crippen molar-refractivity contribution in [2.75, 3.05) is 6.54 Å². The van der Waals surface area contributed by atoms with E-state index in [0.717, 1.165) is 23.1 Å². The second-order valence-corrected chi connectivity index (χ2v) is 9.84. The average Bonchev–Trinajstić information content (AvgIpc) is 3.56. The molecule has 2 atom stereocenters. The van der Waals surface area contributed by atoms with Crippen LogP contribution < -0.4 is 4.74 Å². The number of aromatic nitrogens is 2. The van der Waals surface area contributed by atoms with Gasteiger partial charge < -0.3 is 19.3 Å². The lowest BCUT2D eigenvalue weighted by Gasteiger charge is -2.25. The summed E-state index contributed by atoms with van der Waals surface area (Å²) in [6, 6.07) is 13.3. The second kappa shape index (κ2) is 10.1. The molecule has 1 aliphatic carbocycles. The lowest BCUT2D eigenvalue weighted by molar-refractivity contribution is -0.137. The van der Waals surface area contributed by atoms with Gasteiger partial charge in [-0.1, -0.05) is 23.4 Å². The maximum Gasteiger partial charge on any atom is 0.303 e. The first kappa shape index (κ1) is 24.5. The zero-order valence-electron chi connectivity index (χ0n) is 20.8. The zero-order chi connectivity index (χ0) is 26.1. The predicted molar refractivity (Wildman–Crippen MR) is 133 cm³/mol. The molecule has 190 valence electrons. The number of unbranched alkanes of at least 4 members (excludes halogenated alkanes) is 1. The summed E-state index contributed by atoms with van der Waals surface area (Å²) in [5, 5.41) is 22.7. The molecule has 1 saturated heterocycles. The maximum absolute atomic E-state index is 12.7. The van der Waals surface area contributed by atoms with E-state index in [9.17, 15) is 14.9 Å². The summed E-state index contributed by atoms with van der Waals surface area (Å²) in [5.41, 5.74) is 4.12. The molecule has 1 aliphatic heterocycles. The van der Waals surface area contributed by atoms with Crippen molar-refractivity contribution in [1.29, 1.82) is 5.26 Å². The molecule has 0 saturated carbocycles. The summed E-state index contributed by atoms with van der Waals surface area (Å²) < 4.78 is 11.3. The molecule has 2 aromatic carbocycles. The molecule has 1 fully saturated rings. The van der Waals surface area contributed by atoms with E-state index in [0.29, 0.717) is 54.4 Å². The normalized spacial score (nSPS) is 18.1. The van der Waals surface area contributed by atoms with Gasteiger partial charge in [0, 0.05) is 30.5 Å². The van der Waals surface area contributed by atoms with Gasteiger partial charge >= 0.3 is 5.97 Å². The van der Waals surface area contributed by atoms with Crippen LogP contribution in [0.1, 0.15) is 62.3 Å². The number of nitrogens with zero attached hydrogens (tertiary/aromatic N) is 4. The molecule has 2 aliphatic rings. The minimum absolute atomic E-state index is 0.00895. The number of benzene rings is 2. The SMILES string of the molecule is CC(C)Oc1ccc(-c2nc(-c3cccc4c3C[C@@H]3CC(=O)N(CCCCC(=O)O)[C@H]43)no2)cc1C#N. The first-order valence-corrected chi connectivity index (χ1v) is 12.5. The van der Waals surface area contributed by atoms with Crippen molar-refractivity contribution in [1.82, 2.24) is 15.0 Å². The zero-order valence-corrected chi connectivity index (χ0v) is 20.8. The van der Waals surface area contributed by atoms with Crippen LogP contribution in [0.25, 0.3) is 22.8 Å². The number of carboxylic acid groups (broad SMARTS) is 1. The molecule has 9 heteroatoms. The summed E-state index contributed by atoms with van der Waals surface area (Å²) in [4.78, 5) is 30.1. The van der Waals surface area contributed by atoms with E-state index in [4.69, 9.17) is 14.4 Å². The third kappa shape index (κ3) is 4.79. The number of carbonyl (C=O) groups excluding carboxylic acids is 1. The van der Waals surface area contributed by atoms with Crippen molar-refractivity contribution < 1.29 is 24.0 Å². The molecule has 37 heavy (non-hydrogen) atoms. The van der Waals surface area contributed by atoms with Crippen molar-refractivity contribution in [3.63, 3.8) is 0 Å². The Kier molecular flexibility index (Phi) is 6.66. The Morgan fingerprint density at radius 2 is 2.11 bits per heavy atom. The fraction of sp³-hybridized carbons (Fsp3) is 0.393. The number of aliphatic carboxylic acids is 1. The van der Waals surface area contributed by atoms with Gasteiger partial charge in [-0.25, -0.2) is 0 Å². The lowest BCUT2D eigenvalue weighted by Crippen LogP contribution is -2.29. The number of rotatable bonds is 9. The topological polar surface area (TPSA) is 130 Å². The van der Waals surface area contributed by atoms with Crippen LogP contribution in [-0.2, 0) is 16.0 Å². The van der Waals surface area contributed by atoms with Crippen LogP contribution in [0, 0.1) is 17.2 Å². The van der Waals surface area contributed by atoms with Crippen LogP contribution in [-0.4, -0.2) is 44.7 Å². The summed E-state index contributed by atoms with van der Waals surface area (Å²) >= 11 is 0. The Morgan fingerprint density at radius 3 is 2.86 bits per heavy atom. The van der Waals surface area contributed by atoms with E-state index in [-0.39, 0.29) is 30.4 Å². The fourth-order valence-electron chi connectivity index (χ4n) is 5.43. The molecule has 0 spiro atoms. The van der Waals surface area contributed by atoms with E-state index in [1.807, 2.05) is 30.9 Å². The number of carbonyl (C=O) groups is 2. The van der Waals surface area contributed by atoms with Gasteiger partial charge in [-0.3, -0.25) is 9.59 Å². The number of hydrogen-bond acceptors (Lipinski definition) is 7. The molecular formula is C28H28N4O5. The molecule has 1 amide bonds. The lowest BCUT2D eigenvalue weighted by atomic mass is 10.0. The molecule has 0 unspecified atom stereocenters. The molecule has 2 heterocycles. The maximum atomic E-state index is 12.7. The number of nitriles is 1. The second-order valence-electron chi connectivity index (χ2n) is 9.84. The molecular weight excluding hydrogens is 472 g/mol. The number of carboxylic acids is 1. The Morgan fingerprint density at radius 1 is 1.27 bits per heavy atom. The van der Waals surface area contributed by atoms with Gasteiger partial charge in [-0.15, -0.1) is 0 Å². The van der Waals surface area contributed by atoms with Crippen molar-refractivity contribution in [2.24, 2.45) is 5.92 Å². The standard InChI is InChI=1S/C28H28N4O5/c1-16(2)36-23-10-9-17(12-19(23)15-29)28-30-27(31-37-28)21-7-5-6-20-22(21)13-18-14-24(33)32(26(18)20)11-4-3-8-25(34)35/h5-7,9-10,12,16,18,26H,3-4,8,11,13-14H2,1-2H3,(H,34,35)/t18-,26+/m1/s1. The summed E-state index contributed by atoms with van der Waals surface area (Å²) in [6.07, 6.45) is 2.50. The molecule has 3 aromatic rings. The molecule has 1 aromatic heterocycles. The fourth-order valence-corrected chi connectivity index (χ4v) is 5.43. The predicted octanol–water partition coefficient (Wildman–Crippen LogP) is 4.76. The van der Waals surface area contributed by atoms with Crippen LogP contribution in [0.2, 0.25) is 0 Å². The van der Waals surface area contributed by atoms with Gasteiger partial charge in [0.15, 0.2) is 0 Å². The highest BCUT2D eigenvalue weighted by atomic mass is 16.5. The van der Waals surface area contributed by atoms with Crippen molar-refractivity contribution in [3.05, 3.63) is 53.1 Å². The van der Waals surface area contributed by atoms with E-state index in [1.165, 1.54) is 0 Å². The minimum Gasteiger partial charge on any atom is -0.490 e. The number of fused-ring (bicyclic) bond motifs is 3. The molecule has 0 bridgehead atoms. The Labute approximate surface area is 214 Å². The quantitative estimate of drug-likeness (QED) is 0.416. The van der Waals surface area contributed by atoms with Gasteiger partial charge in [-0.05, 0) is 68.4 Å². The minimum atomic E-state index is -0.815. The highest BCUT2D eigenvalue weighted by molar-refractivity contribution is 5.81. The Hall–Kier alpha value is -4.19. The Balaban J connectivity index is 1.39. The van der Waals surface area contributed by atoms with Gasteiger partial charge in [-0.2, -0.15) is 10.2 Å². The van der Waals surface area contributed by atoms with Crippen LogP contribution in [0.3, 0.4) is 0 Å². The highest BCUT2D eigenvalue weighted by Crippen LogP contribution is 2.49. The monoisotopic (exact) mass is 500 g/mol. The average molecular weight is 501 g/mol. The third-order valence-corrected chi connectivity index (χ3v) is 6.95. The first-order chi connectivity index (χ1) is 17.9. The number of hydrogen-bond donors (Lipinski definition) is 1. The summed E-state index contributed by atoms with van der Waals surface area (Å²) in [7, 11) is 0.